The van der Waals surface area contributed by atoms with E-state index in [-0.39, 0.29) is 11.4 Å². The first-order valence-corrected chi connectivity index (χ1v) is 11.0. The van der Waals surface area contributed by atoms with Crippen LogP contribution in [0, 0.1) is 13.8 Å². The van der Waals surface area contributed by atoms with Crippen LogP contribution in [-0.2, 0) is 16.6 Å². The first-order valence-electron chi connectivity index (χ1n) is 8.64. The van der Waals surface area contributed by atoms with Crippen molar-refractivity contribution in [2.45, 2.75) is 32.2 Å². The predicted molar refractivity (Wildman–Crippen MR) is 109 cm³/mol. The second-order valence-corrected chi connectivity index (χ2v) is 8.89. The molecule has 142 valence electrons. The van der Waals surface area contributed by atoms with Gasteiger partial charge in [-0.1, -0.05) is 24.3 Å². The van der Waals surface area contributed by atoms with Gasteiger partial charge < -0.3 is 4.74 Å². The average Bonchev–Trinajstić information content (AvgIpc) is 3.08. The fourth-order valence-electron chi connectivity index (χ4n) is 2.71. The third-order valence-corrected chi connectivity index (χ3v) is 6.36. The molecule has 0 amide bonds. The highest BCUT2D eigenvalue weighted by Crippen LogP contribution is 2.31. The lowest BCUT2D eigenvalue weighted by Crippen LogP contribution is -2.24. The second-order valence-electron chi connectivity index (χ2n) is 6.10. The number of aryl methyl sites for hydroxylation is 2. The summed E-state index contributed by atoms with van der Waals surface area (Å²) >= 11 is 1.53. The van der Waals surface area contributed by atoms with Crippen molar-refractivity contribution >= 4 is 21.4 Å². The van der Waals surface area contributed by atoms with E-state index in [0.717, 1.165) is 27.4 Å². The summed E-state index contributed by atoms with van der Waals surface area (Å²) in [5, 5.41) is 2.85. The van der Waals surface area contributed by atoms with E-state index in [0.29, 0.717) is 12.4 Å². The van der Waals surface area contributed by atoms with E-state index in [9.17, 15) is 8.42 Å². The van der Waals surface area contributed by atoms with Crippen LogP contribution in [0.3, 0.4) is 0 Å². The topological polar surface area (TPSA) is 68.3 Å². The third kappa shape index (κ3) is 4.55. The Morgan fingerprint density at radius 2 is 1.93 bits per heavy atom. The van der Waals surface area contributed by atoms with Crippen molar-refractivity contribution in [2.24, 2.45) is 0 Å². The Balaban J connectivity index is 1.95. The maximum atomic E-state index is 13.0. The molecule has 1 heterocycles. The fourth-order valence-corrected chi connectivity index (χ4v) is 4.50. The van der Waals surface area contributed by atoms with Gasteiger partial charge in [0.05, 0.1) is 17.3 Å². The molecule has 0 aliphatic carbocycles. The van der Waals surface area contributed by atoms with Crippen LogP contribution in [-0.4, -0.2) is 20.0 Å². The largest absolute Gasteiger partial charge is 0.492 e. The zero-order chi connectivity index (χ0) is 19.4. The molecular weight excluding hydrogens is 380 g/mol. The minimum atomic E-state index is -3.75. The summed E-state index contributed by atoms with van der Waals surface area (Å²) in [5.41, 5.74) is 3.48. The van der Waals surface area contributed by atoms with Crippen molar-refractivity contribution in [3.05, 3.63) is 64.0 Å². The average molecular weight is 403 g/mol. The van der Waals surface area contributed by atoms with E-state index in [1.165, 1.54) is 11.3 Å². The van der Waals surface area contributed by atoms with Gasteiger partial charge in [0.2, 0.25) is 10.0 Å². The van der Waals surface area contributed by atoms with Gasteiger partial charge in [-0.3, -0.25) is 0 Å². The highest BCUT2D eigenvalue weighted by atomic mass is 32.2. The number of thiazole rings is 1. The van der Waals surface area contributed by atoms with Gasteiger partial charge >= 0.3 is 0 Å². The van der Waals surface area contributed by atoms with Gasteiger partial charge in [0.1, 0.15) is 10.6 Å². The minimum Gasteiger partial charge on any atom is -0.492 e. The molecule has 2 aromatic carbocycles. The molecule has 7 heteroatoms. The Kier molecular flexibility index (Phi) is 5.94. The maximum absolute atomic E-state index is 13.0. The van der Waals surface area contributed by atoms with Crippen LogP contribution < -0.4 is 9.46 Å². The Morgan fingerprint density at radius 3 is 2.59 bits per heavy atom. The SMILES string of the molecule is CCOc1ccc(-c2csc(C)n2)cc1S(=O)(=O)NCc1ccccc1C. The lowest BCUT2D eigenvalue weighted by molar-refractivity contribution is 0.331. The minimum absolute atomic E-state index is 0.126. The maximum Gasteiger partial charge on any atom is 0.244 e. The summed E-state index contributed by atoms with van der Waals surface area (Å²) in [4.78, 5) is 4.57. The molecular formula is C20H22N2O3S2. The molecule has 0 fully saturated rings. The summed E-state index contributed by atoms with van der Waals surface area (Å²) in [5.74, 6) is 0.338. The molecule has 0 unspecified atom stereocenters. The van der Waals surface area contributed by atoms with Gasteiger partial charge in [-0.25, -0.2) is 18.1 Å². The number of nitrogens with one attached hydrogen (secondary N) is 1. The Labute approximate surface area is 164 Å². The predicted octanol–water partition coefficient (Wildman–Crippen LogP) is 4.30. The van der Waals surface area contributed by atoms with Crippen molar-refractivity contribution in [3.63, 3.8) is 0 Å². The van der Waals surface area contributed by atoms with Crippen molar-refractivity contribution in [1.82, 2.24) is 9.71 Å². The van der Waals surface area contributed by atoms with Crippen LogP contribution >= 0.6 is 11.3 Å². The summed E-state index contributed by atoms with van der Waals surface area (Å²) in [6.07, 6.45) is 0. The van der Waals surface area contributed by atoms with Crippen molar-refractivity contribution < 1.29 is 13.2 Å². The number of hydrogen-bond donors (Lipinski definition) is 1. The molecule has 0 radical (unpaired) electrons. The molecule has 0 aliphatic heterocycles. The van der Waals surface area contributed by atoms with E-state index >= 15 is 0 Å². The van der Waals surface area contributed by atoms with Gasteiger partial charge in [-0.05, 0) is 50.1 Å². The smallest absolute Gasteiger partial charge is 0.244 e. The van der Waals surface area contributed by atoms with Gasteiger partial charge in [0.15, 0.2) is 0 Å². The quantitative estimate of drug-likeness (QED) is 0.640. The monoisotopic (exact) mass is 402 g/mol. The Hall–Kier alpha value is -2.22. The van der Waals surface area contributed by atoms with Crippen LogP contribution in [0.1, 0.15) is 23.1 Å². The number of aromatic nitrogens is 1. The molecule has 0 atom stereocenters. The molecule has 1 aromatic heterocycles. The number of rotatable bonds is 7. The van der Waals surface area contributed by atoms with Crippen molar-refractivity contribution in [2.75, 3.05) is 6.61 Å². The number of hydrogen-bond acceptors (Lipinski definition) is 5. The van der Waals surface area contributed by atoms with Crippen LogP contribution in [0.4, 0.5) is 0 Å². The highest BCUT2D eigenvalue weighted by molar-refractivity contribution is 7.89. The molecule has 3 aromatic rings. The van der Waals surface area contributed by atoms with Crippen LogP contribution in [0.2, 0.25) is 0 Å². The van der Waals surface area contributed by atoms with E-state index in [1.807, 2.05) is 56.5 Å². The van der Waals surface area contributed by atoms with E-state index < -0.39 is 10.0 Å². The fraction of sp³-hybridized carbons (Fsp3) is 0.250. The molecule has 3 rings (SSSR count). The van der Waals surface area contributed by atoms with Gasteiger partial charge in [0.25, 0.3) is 0 Å². The molecule has 0 saturated heterocycles. The van der Waals surface area contributed by atoms with E-state index in [4.69, 9.17) is 4.74 Å². The molecule has 0 saturated carbocycles. The third-order valence-electron chi connectivity index (χ3n) is 4.16. The van der Waals surface area contributed by atoms with Crippen molar-refractivity contribution in [1.29, 1.82) is 0 Å². The van der Waals surface area contributed by atoms with Crippen molar-refractivity contribution in [3.8, 4) is 17.0 Å². The molecule has 5 nitrogen and oxygen atoms in total. The number of ether oxygens (including phenoxy) is 1. The highest BCUT2D eigenvalue weighted by Gasteiger charge is 2.21. The molecule has 27 heavy (non-hydrogen) atoms. The first-order chi connectivity index (χ1) is 12.9. The number of sulfonamides is 1. The summed E-state index contributed by atoms with van der Waals surface area (Å²) in [6.45, 7) is 6.32. The second kappa shape index (κ2) is 8.21. The lowest BCUT2D eigenvalue weighted by Gasteiger charge is -2.14. The molecule has 0 spiro atoms. The standard InChI is InChI=1S/C20H22N2O3S2/c1-4-25-19-10-9-16(18-13-26-15(3)22-18)11-20(19)27(23,24)21-12-17-8-6-5-7-14(17)2/h5-11,13,21H,4,12H2,1-3H3. The van der Waals surface area contributed by atoms with Gasteiger partial charge in [0, 0.05) is 17.5 Å². The summed E-state index contributed by atoms with van der Waals surface area (Å²) < 4.78 is 34.2. The molecule has 0 aliphatic rings. The zero-order valence-electron chi connectivity index (χ0n) is 15.5. The van der Waals surface area contributed by atoms with Gasteiger partial charge in [-0.2, -0.15) is 0 Å². The zero-order valence-corrected chi connectivity index (χ0v) is 17.2. The van der Waals surface area contributed by atoms with Crippen LogP contribution in [0.5, 0.6) is 5.75 Å². The number of benzene rings is 2. The summed E-state index contributed by atoms with van der Waals surface area (Å²) in [7, 11) is -3.75. The lowest BCUT2D eigenvalue weighted by atomic mass is 10.1. The van der Waals surface area contributed by atoms with E-state index in [1.54, 1.807) is 12.1 Å². The number of nitrogens with zero attached hydrogens (tertiary/aromatic N) is 1. The molecule has 0 bridgehead atoms. The van der Waals surface area contributed by atoms with E-state index in [2.05, 4.69) is 9.71 Å². The normalized spacial score (nSPS) is 11.5. The summed E-state index contributed by atoms with van der Waals surface area (Å²) in [6, 6.07) is 12.8. The Morgan fingerprint density at radius 1 is 1.15 bits per heavy atom. The first kappa shape index (κ1) is 19.5. The Bertz CT molecular complexity index is 1040. The van der Waals surface area contributed by atoms with Crippen LogP contribution in [0.25, 0.3) is 11.3 Å². The van der Waals surface area contributed by atoms with Crippen LogP contribution in [0.15, 0.2) is 52.7 Å². The molecule has 1 N–H and O–H groups in total. The van der Waals surface area contributed by atoms with Gasteiger partial charge in [-0.15, -0.1) is 11.3 Å².